The van der Waals surface area contributed by atoms with Gasteiger partial charge >= 0.3 is 6.18 Å². The lowest BCUT2D eigenvalue weighted by Crippen LogP contribution is -2.27. The van der Waals surface area contributed by atoms with Crippen LogP contribution in [0, 0.1) is 0 Å². The van der Waals surface area contributed by atoms with Crippen LogP contribution in [0.15, 0.2) is 72.8 Å². The molecule has 5 nitrogen and oxygen atoms in total. The van der Waals surface area contributed by atoms with Crippen molar-refractivity contribution in [2.75, 3.05) is 17.2 Å². The number of hydrogen-bond acceptors (Lipinski definition) is 4. The first-order valence-corrected chi connectivity index (χ1v) is 9.98. The van der Waals surface area contributed by atoms with Gasteiger partial charge in [0.15, 0.2) is 0 Å². The molecular formula is C24H23F3N2O3. The van der Waals surface area contributed by atoms with Gasteiger partial charge in [-0.3, -0.25) is 4.79 Å². The number of halogens is 3. The van der Waals surface area contributed by atoms with Crippen molar-refractivity contribution >= 4 is 17.3 Å². The Kier molecular flexibility index (Phi) is 7.37. The SMILES string of the molecule is CCOc1ccc(NC(C(=O)Nc2cccc(C(F)(F)F)c2)c2ccccc2)cc1CO. The van der Waals surface area contributed by atoms with Crippen molar-refractivity contribution in [3.8, 4) is 5.75 Å². The molecule has 0 bridgehead atoms. The molecule has 0 spiro atoms. The highest BCUT2D eigenvalue weighted by atomic mass is 19.4. The number of aliphatic hydroxyl groups excluding tert-OH is 1. The molecule has 0 saturated heterocycles. The molecule has 0 aliphatic rings. The van der Waals surface area contributed by atoms with E-state index < -0.39 is 23.7 Å². The molecule has 3 N–H and O–H groups in total. The molecule has 0 heterocycles. The quantitative estimate of drug-likeness (QED) is 0.436. The van der Waals surface area contributed by atoms with Crippen LogP contribution in [0.1, 0.15) is 29.7 Å². The smallest absolute Gasteiger partial charge is 0.416 e. The standard InChI is InChI=1S/C24H23F3N2O3/c1-2-32-21-12-11-20(13-17(21)15-30)28-22(16-7-4-3-5-8-16)23(31)29-19-10-6-9-18(14-19)24(25,26)27/h3-14,22,28,30H,2,15H2,1H3,(H,29,31). The van der Waals surface area contributed by atoms with Gasteiger partial charge in [0.25, 0.3) is 5.91 Å². The topological polar surface area (TPSA) is 70.6 Å². The zero-order chi connectivity index (χ0) is 23.1. The van der Waals surface area contributed by atoms with Gasteiger partial charge in [-0.2, -0.15) is 13.2 Å². The van der Waals surface area contributed by atoms with Crippen LogP contribution in [-0.2, 0) is 17.6 Å². The molecule has 0 aromatic heterocycles. The number of ether oxygens (including phenoxy) is 1. The maximum Gasteiger partial charge on any atom is 0.416 e. The summed E-state index contributed by atoms with van der Waals surface area (Å²) in [4.78, 5) is 13.1. The normalized spacial score (nSPS) is 12.2. The first kappa shape index (κ1) is 23.1. The highest BCUT2D eigenvalue weighted by molar-refractivity contribution is 5.97. The maximum absolute atomic E-state index is 13.1. The van der Waals surface area contributed by atoms with Crippen LogP contribution in [0.25, 0.3) is 0 Å². The van der Waals surface area contributed by atoms with E-state index >= 15 is 0 Å². The minimum absolute atomic E-state index is 0.0373. The minimum Gasteiger partial charge on any atom is -0.494 e. The summed E-state index contributed by atoms with van der Waals surface area (Å²) in [6.07, 6.45) is -4.51. The third-order valence-corrected chi connectivity index (χ3v) is 4.69. The summed E-state index contributed by atoms with van der Waals surface area (Å²) >= 11 is 0. The van der Waals surface area contributed by atoms with E-state index in [-0.39, 0.29) is 12.3 Å². The summed E-state index contributed by atoms with van der Waals surface area (Å²) < 4.78 is 44.5. The van der Waals surface area contributed by atoms with Gasteiger partial charge in [-0.15, -0.1) is 0 Å². The second kappa shape index (κ2) is 10.2. The number of carbonyl (C=O) groups is 1. The van der Waals surface area contributed by atoms with Crippen LogP contribution in [0.3, 0.4) is 0 Å². The van der Waals surface area contributed by atoms with Crippen LogP contribution < -0.4 is 15.4 Å². The van der Waals surface area contributed by atoms with E-state index in [9.17, 15) is 23.1 Å². The average Bonchev–Trinajstić information content (AvgIpc) is 2.78. The molecule has 1 amide bonds. The number of nitrogens with one attached hydrogen (secondary N) is 2. The molecule has 0 aliphatic heterocycles. The van der Waals surface area contributed by atoms with E-state index in [1.54, 1.807) is 48.5 Å². The molecule has 0 radical (unpaired) electrons. The Labute approximate surface area is 183 Å². The predicted octanol–water partition coefficient (Wildman–Crippen LogP) is 5.39. The highest BCUT2D eigenvalue weighted by Gasteiger charge is 2.31. The van der Waals surface area contributed by atoms with Crippen LogP contribution in [0.5, 0.6) is 5.75 Å². The van der Waals surface area contributed by atoms with Crippen LogP contribution >= 0.6 is 0 Å². The Morgan fingerprint density at radius 2 is 1.75 bits per heavy atom. The largest absolute Gasteiger partial charge is 0.494 e. The lowest BCUT2D eigenvalue weighted by Gasteiger charge is -2.21. The summed E-state index contributed by atoms with van der Waals surface area (Å²) in [6.45, 7) is 2.01. The number of carbonyl (C=O) groups excluding carboxylic acids is 1. The van der Waals surface area contributed by atoms with Crippen LogP contribution in [0.2, 0.25) is 0 Å². The van der Waals surface area contributed by atoms with Crippen molar-refractivity contribution in [1.29, 1.82) is 0 Å². The Morgan fingerprint density at radius 3 is 2.41 bits per heavy atom. The second-order valence-corrected chi connectivity index (χ2v) is 6.97. The van der Waals surface area contributed by atoms with E-state index in [4.69, 9.17) is 4.74 Å². The van der Waals surface area contributed by atoms with Crippen molar-refractivity contribution in [2.45, 2.75) is 25.7 Å². The van der Waals surface area contributed by atoms with Gasteiger partial charge in [-0.25, -0.2) is 0 Å². The number of rotatable bonds is 8. The zero-order valence-electron chi connectivity index (χ0n) is 17.3. The Balaban J connectivity index is 1.88. The molecule has 8 heteroatoms. The number of benzene rings is 3. The molecule has 168 valence electrons. The fourth-order valence-electron chi connectivity index (χ4n) is 3.19. The number of anilines is 2. The van der Waals surface area contributed by atoms with Gasteiger partial charge in [0.05, 0.1) is 18.8 Å². The maximum atomic E-state index is 13.1. The third-order valence-electron chi connectivity index (χ3n) is 4.69. The third kappa shape index (κ3) is 5.79. The van der Waals surface area contributed by atoms with Crippen molar-refractivity contribution in [3.05, 3.63) is 89.5 Å². The average molecular weight is 444 g/mol. The number of aliphatic hydroxyl groups is 1. The Bertz CT molecular complexity index is 1060. The molecule has 1 atom stereocenters. The van der Waals surface area contributed by atoms with Crippen molar-refractivity contribution in [1.82, 2.24) is 0 Å². The number of amides is 1. The summed E-state index contributed by atoms with van der Waals surface area (Å²) in [7, 11) is 0. The summed E-state index contributed by atoms with van der Waals surface area (Å²) in [5.74, 6) is 0.000172. The number of alkyl halides is 3. The molecule has 1 unspecified atom stereocenters. The molecule has 3 aromatic carbocycles. The first-order chi connectivity index (χ1) is 15.3. The summed E-state index contributed by atoms with van der Waals surface area (Å²) in [5, 5.41) is 15.3. The lowest BCUT2D eigenvalue weighted by atomic mass is 10.0. The fourth-order valence-corrected chi connectivity index (χ4v) is 3.19. The molecule has 0 fully saturated rings. The number of hydrogen-bond donors (Lipinski definition) is 3. The van der Waals surface area contributed by atoms with Gasteiger partial charge in [0.2, 0.25) is 0 Å². The second-order valence-electron chi connectivity index (χ2n) is 6.97. The summed E-state index contributed by atoms with van der Waals surface area (Å²) in [5.41, 5.74) is 0.901. The van der Waals surface area contributed by atoms with Gasteiger partial charge < -0.3 is 20.5 Å². The van der Waals surface area contributed by atoms with Crippen molar-refractivity contribution < 1.29 is 27.8 Å². The molecule has 3 rings (SSSR count). The van der Waals surface area contributed by atoms with Gasteiger partial charge in [0, 0.05) is 16.9 Å². The van der Waals surface area contributed by atoms with E-state index in [1.165, 1.54) is 12.1 Å². The van der Waals surface area contributed by atoms with E-state index in [0.717, 1.165) is 12.1 Å². The van der Waals surface area contributed by atoms with Crippen molar-refractivity contribution in [3.63, 3.8) is 0 Å². The van der Waals surface area contributed by atoms with Gasteiger partial charge in [0.1, 0.15) is 11.8 Å². The van der Waals surface area contributed by atoms with Gasteiger partial charge in [-0.05, 0) is 48.9 Å². The van der Waals surface area contributed by atoms with E-state index in [2.05, 4.69) is 10.6 Å². The first-order valence-electron chi connectivity index (χ1n) is 9.98. The molecule has 0 aliphatic carbocycles. The van der Waals surface area contributed by atoms with Crippen molar-refractivity contribution in [2.24, 2.45) is 0 Å². The molecule has 32 heavy (non-hydrogen) atoms. The van der Waals surface area contributed by atoms with E-state index in [0.29, 0.717) is 29.2 Å². The predicted molar refractivity (Wildman–Crippen MR) is 116 cm³/mol. The van der Waals surface area contributed by atoms with Gasteiger partial charge in [-0.1, -0.05) is 36.4 Å². The fraction of sp³-hybridized carbons (Fsp3) is 0.208. The summed E-state index contributed by atoms with van der Waals surface area (Å²) in [6, 6.07) is 17.4. The Hall–Kier alpha value is -3.52. The lowest BCUT2D eigenvalue weighted by molar-refractivity contribution is -0.137. The van der Waals surface area contributed by atoms with E-state index in [1.807, 2.05) is 6.92 Å². The molecule has 0 saturated carbocycles. The van der Waals surface area contributed by atoms with Crippen LogP contribution in [-0.4, -0.2) is 17.6 Å². The minimum atomic E-state index is -4.51. The zero-order valence-corrected chi connectivity index (χ0v) is 17.3. The molecular weight excluding hydrogens is 421 g/mol. The molecule has 3 aromatic rings. The van der Waals surface area contributed by atoms with Crippen LogP contribution in [0.4, 0.5) is 24.5 Å². The highest BCUT2D eigenvalue weighted by Crippen LogP contribution is 2.31. The Morgan fingerprint density at radius 1 is 1.00 bits per heavy atom. The monoisotopic (exact) mass is 444 g/mol.